The smallest absolute Gasteiger partial charge is 0.436 e. The highest BCUT2D eigenvalue weighted by molar-refractivity contribution is 6.31. The highest BCUT2D eigenvalue weighted by Gasteiger charge is 2.08. The van der Waals surface area contributed by atoms with Crippen molar-refractivity contribution in [2.75, 3.05) is 13.2 Å². The number of halogens is 1. The van der Waals surface area contributed by atoms with E-state index in [9.17, 15) is 9.59 Å². The number of ether oxygens (including phenoxy) is 1. The molecule has 0 aliphatic carbocycles. The van der Waals surface area contributed by atoms with Crippen LogP contribution in [0.1, 0.15) is 6.42 Å². The first kappa shape index (κ1) is 16.1. The molecule has 0 spiro atoms. The molecule has 0 aromatic heterocycles. The molecular formula is C10H14ClN3O4. The molecule has 0 rings (SSSR count). The Morgan fingerprint density at radius 1 is 1.44 bits per heavy atom. The third kappa shape index (κ3) is 7.42. The zero-order valence-electron chi connectivity index (χ0n) is 9.61. The van der Waals surface area contributed by atoms with E-state index in [2.05, 4.69) is 28.2 Å². The lowest BCUT2D eigenvalue weighted by atomic mass is 10.2. The number of carbonyl (C=O) groups excluding carboxylic acids is 2. The topological polar surface area (TPSA) is 114 Å². The van der Waals surface area contributed by atoms with Crippen LogP contribution >= 0.6 is 11.6 Å². The van der Waals surface area contributed by atoms with Gasteiger partial charge in [0.05, 0.1) is 13.0 Å². The van der Waals surface area contributed by atoms with Gasteiger partial charge < -0.3 is 15.6 Å². The van der Waals surface area contributed by atoms with Gasteiger partial charge in [-0.15, -0.1) is 4.99 Å². The summed E-state index contributed by atoms with van der Waals surface area (Å²) in [5.74, 6) is -0.964. The minimum Gasteiger partial charge on any atom is -0.445 e. The van der Waals surface area contributed by atoms with Crippen LogP contribution in [0.4, 0.5) is 4.79 Å². The molecule has 0 aliphatic heterocycles. The number of carbonyl (C=O) groups is 2. The number of aliphatic hydroxyl groups excluding tert-OH is 1. The molecule has 8 heteroatoms. The van der Waals surface area contributed by atoms with Crippen LogP contribution in [0.3, 0.4) is 0 Å². The average molecular weight is 276 g/mol. The van der Waals surface area contributed by atoms with Crippen molar-refractivity contribution in [2.45, 2.75) is 6.42 Å². The van der Waals surface area contributed by atoms with E-state index in [-0.39, 0.29) is 24.7 Å². The van der Waals surface area contributed by atoms with E-state index >= 15 is 0 Å². The van der Waals surface area contributed by atoms with Gasteiger partial charge in [0, 0.05) is 5.03 Å². The van der Waals surface area contributed by atoms with E-state index in [0.29, 0.717) is 5.57 Å². The molecule has 0 saturated carbocycles. The number of amides is 2. The number of allylic oxidation sites excluding steroid dienone is 1. The fourth-order valence-electron chi connectivity index (χ4n) is 0.768. The Labute approximate surface area is 109 Å². The lowest BCUT2D eigenvalue weighted by molar-refractivity contribution is -0.119. The predicted octanol–water partition coefficient (Wildman–Crippen LogP) is 0.245. The quantitative estimate of drug-likeness (QED) is 0.378. The van der Waals surface area contributed by atoms with Crippen molar-refractivity contribution in [3.63, 3.8) is 0 Å². The molecule has 0 bridgehead atoms. The first-order chi connectivity index (χ1) is 8.36. The number of nitrogens with two attached hydrogens (primary N) is 1. The lowest BCUT2D eigenvalue weighted by Crippen LogP contribution is -2.37. The van der Waals surface area contributed by atoms with E-state index in [1.807, 2.05) is 0 Å². The number of aliphatic hydroxyl groups is 1. The maximum atomic E-state index is 11.3. The number of aliphatic imine (C=N–C) groups is 1. The molecule has 4 N–H and O–H groups in total. The summed E-state index contributed by atoms with van der Waals surface area (Å²) in [6, 6.07) is 0. The Bertz CT molecular complexity index is 393. The Hall–Kier alpha value is -1.86. The first-order valence-electron chi connectivity index (χ1n) is 4.81. The lowest BCUT2D eigenvalue weighted by Gasteiger charge is -2.05. The Morgan fingerprint density at radius 2 is 2.06 bits per heavy atom. The first-order valence-corrected chi connectivity index (χ1v) is 5.18. The minimum absolute atomic E-state index is 0.121. The summed E-state index contributed by atoms with van der Waals surface area (Å²) < 4.78 is 4.40. The van der Waals surface area contributed by atoms with Crippen LogP contribution in [0.5, 0.6) is 0 Å². The number of hydrogen-bond acceptors (Lipinski definition) is 4. The fourth-order valence-corrected chi connectivity index (χ4v) is 0.835. The van der Waals surface area contributed by atoms with Gasteiger partial charge in [-0.05, 0) is 5.57 Å². The molecule has 0 aromatic carbocycles. The van der Waals surface area contributed by atoms with E-state index < -0.39 is 18.0 Å². The van der Waals surface area contributed by atoms with Gasteiger partial charge in [0.1, 0.15) is 6.61 Å². The summed E-state index contributed by atoms with van der Waals surface area (Å²) in [5.41, 5.74) is 5.59. The molecule has 0 radical (unpaired) electrons. The molecular weight excluding hydrogens is 262 g/mol. The van der Waals surface area contributed by atoms with Crippen LogP contribution in [0.25, 0.3) is 0 Å². The maximum absolute atomic E-state index is 11.3. The number of guanidine groups is 1. The standard InChI is InChI=1S/C10H14ClN3O4/c1-6(7(2)11)5-8(16)13-9(12)14-10(17)18-4-3-15/h15H,1-5H2,(H3,12,13,14,16,17). The van der Waals surface area contributed by atoms with Gasteiger partial charge >= 0.3 is 6.09 Å². The van der Waals surface area contributed by atoms with Gasteiger partial charge in [-0.25, -0.2) is 4.79 Å². The van der Waals surface area contributed by atoms with Crippen LogP contribution in [0, 0.1) is 0 Å². The SMILES string of the molecule is C=C(Cl)C(=C)CC(=O)NC(N)=NC(=O)OCCO. The van der Waals surface area contributed by atoms with Gasteiger partial charge in [-0.3, -0.25) is 10.1 Å². The van der Waals surface area contributed by atoms with Crippen LogP contribution in [0.15, 0.2) is 28.8 Å². The van der Waals surface area contributed by atoms with Gasteiger partial charge in [0.15, 0.2) is 0 Å². The Kier molecular flexibility index (Phi) is 7.41. The second-order valence-electron chi connectivity index (χ2n) is 3.07. The van der Waals surface area contributed by atoms with Crippen LogP contribution in [-0.2, 0) is 9.53 Å². The summed E-state index contributed by atoms with van der Waals surface area (Å²) in [4.78, 5) is 25.5. The van der Waals surface area contributed by atoms with Crippen molar-refractivity contribution in [3.8, 4) is 0 Å². The van der Waals surface area contributed by atoms with Crippen molar-refractivity contribution in [1.82, 2.24) is 5.32 Å². The molecule has 0 atom stereocenters. The van der Waals surface area contributed by atoms with Crippen LogP contribution < -0.4 is 11.1 Å². The molecule has 2 amide bonds. The molecule has 0 unspecified atom stereocenters. The zero-order chi connectivity index (χ0) is 14.1. The van der Waals surface area contributed by atoms with Crippen molar-refractivity contribution in [1.29, 1.82) is 0 Å². The zero-order valence-corrected chi connectivity index (χ0v) is 10.4. The third-order valence-electron chi connectivity index (χ3n) is 1.55. The van der Waals surface area contributed by atoms with Crippen LogP contribution in [0.2, 0.25) is 0 Å². The summed E-state index contributed by atoms with van der Waals surface area (Å²) in [5, 5.41) is 10.7. The summed E-state index contributed by atoms with van der Waals surface area (Å²) >= 11 is 5.52. The van der Waals surface area contributed by atoms with Gasteiger partial charge in [-0.1, -0.05) is 24.8 Å². The average Bonchev–Trinajstić information content (AvgIpc) is 2.25. The highest BCUT2D eigenvalue weighted by atomic mass is 35.5. The van der Waals surface area contributed by atoms with Crippen LogP contribution in [-0.4, -0.2) is 36.3 Å². The molecule has 100 valence electrons. The third-order valence-corrected chi connectivity index (χ3v) is 1.82. The van der Waals surface area contributed by atoms with Gasteiger partial charge in [0.25, 0.3) is 0 Å². The monoisotopic (exact) mass is 275 g/mol. The molecule has 0 saturated heterocycles. The Balaban J connectivity index is 4.22. The summed E-state index contributed by atoms with van der Waals surface area (Å²) in [6.07, 6.45) is -1.13. The fraction of sp³-hybridized carbons (Fsp3) is 0.300. The molecule has 0 aliphatic rings. The summed E-state index contributed by atoms with van der Waals surface area (Å²) in [6.45, 7) is 6.38. The van der Waals surface area contributed by atoms with Crippen molar-refractivity contribution < 1.29 is 19.4 Å². The molecule has 0 fully saturated rings. The van der Waals surface area contributed by atoms with E-state index in [0.717, 1.165) is 0 Å². The number of hydrogen-bond donors (Lipinski definition) is 3. The van der Waals surface area contributed by atoms with E-state index in [4.69, 9.17) is 22.4 Å². The minimum atomic E-state index is -1.01. The van der Waals surface area contributed by atoms with Gasteiger partial charge in [-0.2, -0.15) is 0 Å². The number of rotatable bonds is 5. The van der Waals surface area contributed by atoms with Crippen molar-refractivity contribution in [2.24, 2.45) is 10.7 Å². The normalized spacial score (nSPS) is 10.7. The van der Waals surface area contributed by atoms with Crippen molar-refractivity contribution in [3.05, 3.63) is 23.8 Å². The summed E-state index contributed by atoms with van der Waals surface area (Å²) in [7, 11) is 0. The second kappa shape index (κ2) is 8.26. The molecule has 7 nitrogen and oxygen atoms in total. The number of nitrogens with one attached hydrogen (secondary N) is 1. The largest absolute Gasteiger partial charge is 0.445 e. The molecule has 0 heterocycles. The molecule has 0 aromatic rings. The molecule has 18 heavy (non-hydrogen) atoms. The Morgan fingerprint density at radius 3 is 2.56 bits per heavy atom. The number of nitrogens with zero attached hydrogens (tertiary/aromatic N) is 1. The van der Waals surface area contributed by atoms with Gasteiger partial charge in [0.2, 0.25) is 11.9 Å². The predicted molar refractivity (Wildman–Crippen MR) is 66.9 cm³/mol. The highest BCUT2D eigenvalue weighted by Crippen LogP contribution is 2.12. The second-order valence-corrected chi connectivity index (χ2v) is 3.52. The van der Waals surface area contributed by atoms with E-state index in [1.165, 1.54) is 0 Å². The maximum Gasteiger partial charge on any atom is 0.436 e. The van der Waals surface area contributed by atoms with Crippen molar-refractivity contribution >= 4 is 29.6 Å². The van der Waals surface area contributed by atoms with E-state index in [1.54, 1.807) is 0 Å².